The number of halogens is 2. The van der Waals surface area contributed by atoms with E-state index in [1.54, 1.807) is 6.33 Å². The lowest BCUT2D eigenvalue weighted by Gasteiger charge is -2.12. The molecule has 0 aliphatic carbocycles. The van der Waals surface area contributed by atoms with E-state index in [0.717, 1.165) is 16.6 Å². The van der Waals surface area contributed by atoms with Crippen LogP contribution < -0.4 is 0 Å². The maximum absolute atomic E-state index is 13.3. The molecule has 1 heterocycles. The van der Waals surface area contributed by atoms with Crippen molar-refractivity contribution in [1.29, 1.82) is 0 Å². The van der Waals surface area contributed by atoms with Gasteiger partial charge in [0.1, 0.15) is 5.82 Å². The van der Waals surface area contributed by atoms with E-state index in [-0.39, 0.29) is 5.82 Å². The predicted molar refractivity (Wildman–Crippen MR) is 83.5 cm³/mol. The molecule has 1 unspecified atom stereocenters. The molecule has 3 aromatic rings. The maximum atomic E-state index is 13.3. The van der Waals surface area contributed by atoms with E-state index < -0.39 is 6.10 Å². The highest BCUT2D eigenvalue weighted by atomic mass is 79.9. The molecule has 21 heavy (non-hydrogen) atoms. The first kappa shape index (κ1) is 14.2. The monoisotopic (exact) mass is 348 g/mol. The van der Waals surface area contributed by atoms with Crippen LogP contribution >= 0.6 is 15.9 Å². The van der Waals surface area contributed by atoms with Gasteiger partial charge in [-0.15, -0.1) is 0 Å². The summed E-state index contributed by atoms with van der Waals surface area (Å²) in [4.78, 5) is 4.29. The fraction of sp³-hybridized carbons (Fsp3) is 0.188. The van der Waals surface area contributed by atoms with E-state index in [1.165, 1.54) is 12.1 Å². The van der Waals surface area contributed by atoms with E-state index >= 15 is 0 Å². The van der Waals surface area contributed by atoms with Gasteiger partial charge < -0.3 is 9.67 Å². The molecule has 1 aromatic heterocycles. The van der Waals surface area contributed by atoms with Crippen LogP contribution in [0.5, 0.6) is 0 Å². The van der Waals surface area contributed by atoms with E-state index in [1.807, 2.05) is 34.9 Å². The highest BCUT2D eigenvalue weighted by Gasteiger charge is 2.10. The van der Waals surface area contributed by atoms with Gasteiger partial charge in [-0.1, -0.05) is 28.1 Å². The minimum atomic E-state index is -0.601. The molecule has 0 amide bonds. The lowest BCUT2D eigenvalue weighted by molar-refractivity contribution is 0.155. The van der Waals surface area contributed by atoms with Gasteiger partial charge in [0.25, 0.3) is 0 Å². The van der Waals surface area contributed by atoms with Gasteiger partial charge in [0.15, 0.2) is 0 Å². The van der Waals surface area contributed by atoms with E-state index in [2.05, 4.69) is 20.9 Å². The van der Waals surface area contributed by atoms with Crippen LogP contribution in [0.3, 0.4) is 0 Å². The molecule has 0 radical (unpaired) electrons. The van der Waals surface area contributed by atoms with Crippen molar-refractivity contribution in [1.82, 2.24) is 9.55 Å². The molecule has 5 heteroatoms. The largest absolute Gasteiger partial charge is 0.391 e. The van der Waals surface area contributed by atoms with E-state index in [0.29, 0.717) is 17.4 Å². The summed E-state index contributed by atoms with van der Waals surface area (Å²) in [6.07, 6.45) is 1.51. The SMILES string of the molecule is OC(Cc1cc(F)cc(Br)c1)Cn1cnc2ccccc21. The standard InChI is InChI=1S/C16H14BrFN2O/c17-12-5-11(6-13(18)8-12)7-14(21)9-20-10-19-15-3-1-2-4-16(15)20/h1-6,8,10,14,21H,7,9H2. The average Bonchev–Trinajstić information content (AvgIpc) is 2.81. The van der Waals surface area contributed by atoms with Gasteiger partial charge in [-0.3, -0.25) is 0 Å². The summed E-state index contributed by atoms with van der Waals surface area (Å²) < 4.78 is 15.9. The fourth-order valence-electron chi connectivity index (χ4n) is 2.45. The summed E-state index contributed by atoms with van der Waals surface area (Å²) in [5.74, 6) is -0.306. The van der Waals surface area contributed by atoms with Crippen molar-refractivity contribution in [2.75, 3.05) is 0 Å². The van der Waals surface area contributed by atoms with Crippen molar-refractivity contribution in [3.63, 3.8) is 0 Å². The van der Waals surface area contributed by atoms with Crippen LogP contribution in [-0.4, -0.2) is 20.8 Å². The molecule has 3 rings (SSSR count). The molecular formula is C16H14BrFN2O. The van der Waals surface area contributed by atoms with Crippen LogP contribution in [0.1, 0.15) is 5.56 Å². The predicted octanol–water partition coefficient (Wildman–Crippen LogP) is 3.54. The maximum Gasteiger partial charge on any atom is 0.124 e. The minimum absolute atomic E-state index is 0.306. The topological polar surface area (TPSA) is 38.0 Å². The Balaban J connectivity index is 1.75. The Hall–Kier alpha value is -1.72. The molecule has 3 nitrogen and oxygen atoms in total. The van der Waals surface area contributed by atoms with Gasteiger partial charge in [-0.25, -0.2) is 9.37 Å². The van der Waals surface area contributed by atoms with E-state index in [4.69, 9.17) is 0 Å². The number of imidazole rings is 1. The number of aliphatic hydroxyl groups is 1. The van der Waals surface area contributed by atoms with Crippen molar-refractivity contribution in [3.05, 3.63) is 64.6 Å². The Morgan fingerprint density at radius 3 is 2.86 bits per heavy atom. The smallest absolute Gasteiger partial charge is 0.124 e. The van der Waals surface area contributed by atoms with Crippen LogP contribution in [0.25, 0.3) is 11.0 Å². The average molecular weight is 349 g/mol. The Labute approximate surface area is 130 Å². The summed E-state index contributed by atoms with van der Waals surface area (Å²) in [6.45, 7) is 0.425. The van der Waals surface area contributed by atoms with Gasteiger partial charge in [0.05, 0.1) is 30.0 Å². The summed E-state index contributed by atoms with van der Waals surface area (Å²) in [5.41, 5.74) is 2.65. The third-order valence-electron chi connectivity index (χ3n) is 3.33. The van der Waals surface area contributed by atoms with Gasteiger partial charge in [0.2, 0.25) is 0 Å². The van der Waals surface area contributed by atoms with Crippen molar-refractivity contribution in [3.8, 4) is 0 Å². The number of benzene rings is 2. The minimum Gasteiger partial charge on any atom is -0.391 e. The Kier molecular flexibility index (Phi) is 4.03. The second-order valence-electron chi connectivity index (χ2n) is 5.02. The second-order valence-corrected chi connectivity index (χ2v) is 5.94. The van der Waals surface area contributed by atoms with Crippen molar-refractivity contribution in [2.24, 2.45) is 0 Å². The quantitative estimate of drug-likeness (QED) is 0.782. The first-order valence-corrected chi connectivity index (χ1v) is 7.44. The summed E-state index contributed by atoms with van der Waals surface area (Å²) in [6, 6.07) is 12.4. The zero-order valence-electron chi connectivity index (χ0n) is 11.2. The van der Waals surface area contributed by atoms with Crippen molar-refractivity contribution < 1.29 is 9.50 Å². The van der Waals surface area contributed by atoms with Crippen LogP contribution in [-0.2, 0) is 13.0 Å². The summed E-state index contributed by atoms with van der Waals surface area (Å²) >= 11 is 3.26. The fourth-order valence-corrected chi connectivity index (χ4v) is 2.96. The van der Waals surface area contributed by atoms with Gasteiger partial charge >= 0.3 is 0 Å². The van der Waals surface area contributed by atoms with Crippen molar-refractivity contribution >= 4 is 27.0 Å². The van der Waals surface area contributed by atoms with Crippen LogP contribution in [0.2, 0.25) is 0 Å². The zero-order chi connectivity index (χ0) is 14.8. The number of para-hydroxylation sites is 2. The lowest BCUT2D eigenvalue weighted by atomic mass is 10.1. The molecule has 0 bridgehead atoms. The number of nitrogens with zero attached hydrogens (tertiary/aromatic N) is 2. The normalized spacial score (nSPS) is 12.7. The zero-order valence-corrected chi connectivity index (χ0v) is 12.8. The molecule has 0 saturated carbocycles. The first-order valence-electron chi connectivity index (χ1n) is 6.65. The lowest BCUT2D eigenvalue weighted by Crippen LogP contribution is -2.18. The molecule has 0 aliphatic heterocycles. The molecule has 1 atom stereocenters. The van der Waals surface area contributed by atoms with Gasteiger partial charge in [-0.05, 0) is 35.9 Å². The van der Waals surface area contributed by atoms with E-state index in [9.17, 15) is 9.50 Å². The molecule has 0 saturated heterocycles. The second kappa shape index (κ2) is 5.95. The highest BCUT2D eigenvalue weighted by molar-refractivity contribution is 9.10. The number of aromatic nitrogens is 2. The molecule has 0 fully saturated rings. The number of hydrogen-bond donors (Lipinski definition) is 1. The molecule has 1 N–H and O–H groups in total. The highest BCUT2D eigenvalue weighted by Crippen LogP contribution is 2.17. The summed E-state index contributed by atoms with van der Waals surface area (Å²) in [7, 11) is 0. The number of aliphatic hydroxyl groups excluding tert-OH is 1. The Morgan fingerprint density at radius 1 is 1.24 bits per heavy atom. The number of rotatable bonds is 4. The molecule has 0 spiro atoms. The van der Waals surface area contributed by atoms with Crippen LogP contribution in [0.4, 0.5) is 4.39 Å². The molecule has 0 aliphatic rings. The number of hydrogen-bond acceptors (Lipinski definition) is 2. The van der Waals surface area contributed by atoms with Gasteiger partial charge in [-0.2, -0.15) is 0 Å². The Bertz CT molecular complexity index is 752. The van der Waals surface area contributed by atoms with Crippen LogP contribution in [0, 0.1) is 5.82 Å². The first-order chi connectivity index (χ1) is 10.1. The third-order valence-corrected chi connectivity index (χ3v) is 3.79. The van der Waals surface area contributed by atoms with Crippen molar-refractivity contribution in [2.45, 2.75) is 19.1 Å². The molecule has 2 aromatic carbocycles. The molecule has 108 valence electrons. The Morgan fingerprint density at radius 2 is 2.05 bits per heavy atom. The third kappa shape index (κ3) is 3.31. The van der Waals surface area contributed by atoms with Gasteiger partial charge in [0, 0.05) is 10.9 Å². The number of fused-ring (bicyclic) bond motifs is 1. The van der Waals surface area contributed by atoms with Crippen LogP contribution in [0.15, 0.2) is 53.3 Å². The summed E-state index contributed by atoms with van der Waals surface area (Å²) in [5, 5.41) is 10.2. The molecular weight excluding hydrogens is 335 g/mol.